The van der Waals surface area contributed by atoms with E-state index in [2.05, 4.69) is 10.7 Å². The van der Waals surface area contributed by atoms with Crippen LogP contribution < -0.4 is 5.32 Å². The Morgan fingerprint density at radius 2 is 2.25 bits per heavy atom. The summed E-state index contributed by atoms with van der Waals surface area (Å²) in [7, 11) is 0. The van der Waals surface area contributed by atoms with Gasteiger partial charge in [0.05, 0.1) is 0 Å². The zero-order valence-corrected chi connectivity index (χ0v) is 11.9. The molecule has 2 aromatic rings. The average Bonchev–Trinajstić information content (AvgIpc) is 2.99. The van der Waals surface area contributed by atoms with E-state index in [1.54, 1.807) is 29.7 Å². The number of carbonyl (C=O) groups excluding carboxylic acids is 1. The number of hydrogen-bond acceptors (Lipinski definition) is 3. The van der Waals surface area contributed by atoms with Gasteiger partial charge in [-0.25, -0.2) is 0 Å². The van der Waals surface area contributed by atoms with Gasteiger partial charge in [-0.1, -0.05) is 0 Å². The molecular formula is C14H16N2O3S. The minimum absolute atomic E-state index is 0.00900. The molecule has 2 aromatic heterocycles. The molecule has 2 N–H and O–H groups in total. The van der Waals surface area contributed by atoms with E-state index in [-0.39, 0.29) is 18.5 Å². The normalized spacial score (nSPS) is 12.1. The highest BCUT2D eigenvalue weighted by Crippen LogP contribution is 2.09. The Kier molecular flexibility index (Phi) is 4.57. The Labute approximate surface area is 120 Å². The second kappa shape index (κ2) is 6.38. The van der Waals surface area contributed by atoms with E-state index in [0.717, 1.165) is 6.42 Å². The molecule has 0 bridgehead atoms. The molecule has 0 saturated carbocycles. The first kappa shape index (κ1) is 14.3. The first-order chi connectivity index (χ1) is 9.56. The molecule has 2 rings (SSSR count). The summed E-state index contributed by atoms with van der Waals surface area (Å²) in [5.74, 6) is -1.22. The Balaban J connectivity index is 1.97. The van der Waals surface area contributed by atoms with Gasteiger partial charge in [0.2, 0.25) is 0 Å². The van der Waals surface area contributed by atoms with Crippen molar-refractivity contribution in [1.82, 2.24) is 9.88 Å². The third-order valence-electron chi connectivity index (χ3n) is 2.87. The lowest BCUT2D eigenvalue weighted by Crippen LogP contribution is -2.35. The third-order valence-corrected chi connectivity index (χ3v) is 3.60. The summed E-state index contributed by atoms with van der Waals surface area (Å²) >= 11 is 1.63. The van der Waals surface area contributed by atoms with E-state index in [9.17, 15) is 9.59 Å². The van der Waals surface area contributed by atoms with Crippen molar-refractivity contribution in [3.05, 3.63) is 46.4 Å². The number of aliphatic carboxylic acids is 1. The zero-order chi connectivity index (χ0) is 14.5. The Hall–Kier alpha value is -2.08. The maximum atomic E-state index is 12.1. The molecule has 0 fully saturated rings. The monoisotopic (exact) mass is 292 g/mol. The lowest BCUT2D eigenvalue weighted by Gasteiger charge is -2.14. The summed E-state index contributed by atoms with van der Waals surface area (Å²) in [6.07, 6.45) is 2.35. The first-order valence-corrected chi connectivity index (χ1v) is 7.19. The molecule has 0 aliphatic carbocycles. The molecule has 0 radical (unpaired) electrons. The van der Waals surface area contributed by atoms with Crippen LogP contribution >= 0.6 is 11.3 Å². The molecular weight excluding hydrogens is 276 g/mol. The number of amides is 1. The average molecular weight is 292 g/mol. The van der Waals surface area contributed by atoms with E-state index in [0.29, 0.717) is 5.69 Å². The van der Waals surface area contributed by atoms with Crippen molar-refractivity contribution in [2.45, 2.75) is 25.9 Å². The highest BCUT2D eigenvalue weighted by molar-refractivity contribution is 7.07. The predicted molar refractivity (Wildman–Crippen MR) is 77.0 cm³/mol. The second-order valence-corrected chi connectivity index (χ2v) is 5.41. The van der Waals surface area contributed by atoms with Gasteiger partial charge in [-0.2, -0.15) is 11.3 Å². The number of rotatable bonds is 6. The van der Waals surface area contributed by atoms with E-state index in [4.69, 9.17) is 5.11 Å². The van der Waals surface area contributed by atoms with Gasteiger partial charge in [-0.05, 0) is 47.9 Å². The van der Waals surface area contributed by atoms with Crippen molar-refractivity contribution in [2.75, 3.05) is 0 Å². The molecule has 0 saturated heterocycles. The van der Waals surface area contributed by atoms with Crippen molar-refractivity contribution in [1.29, 1.82) is 0 Å². The number of nitrogens with zero attached hydrogens (tertiary/aromatic N) is 1. The van der Waals surface area contributed by atoms with Crippen LogP contribution in [-0.2, 0) is 17.8 Å². The molecule has 1 amide bonds. The quantitative estimate of drug-likeness (QED) is 0.855. The number of carbonyl (C=O) groups is 2. The summed E-state index contributed by atoms with van der Waals surface area (Å²) < 4.78 is 1.43. The smallest absolute Gasteiger partial charge is 0.323 e. The van der Waals surface area contributed by atoms with Crippen molar-refractivity contribution in [2.24, 2.45) is 0 Å². The van der Waals surface area contributed by atoms with E-state index in [1.807, 2.05) is 18.4 Å². The Morgan fingerprint density at radius 1 is 1.45 bits per heavy atom. The maximum absolute atomic E-state index is 12.1. The lowest BCUT2D eigenvalue weighted by molar-refractivity contribution is -0.137. The third kappa shape index (κ3) is 3.71. The van der Waals surface area contributed by atoms with Crippen LogP contribution in [-0.4, -0.2) is 27.6 Å². The number of carboxylic acid groups (broad SMARTS) is 1. The molecule has 0 aromatic carbocycles. The van der Waals surface area contributed by atoms with Gasteiger partial charge < -0.3 is 15.0 Å². The molecule has 2 heterocycles. The highest BCUT2D eigenvalue weighted by atomic mass is 32.1. The van der Waals surface area contributed by atoms with Crippen LogP contribution in [0.15, 0.2) is 35.2 Å². The molecule has 0 aliphatic heterocycles. The molecule has 0 aliphatic rings. The van der Waals surface area contributed by atoms with Gasteiger partial charge >= 0.3 is 5.97 Å². The highest BCUT2D eigenvalue weighted by Gasteiger charge is 2.15. The summed E-state index contributed by atoms with van der Waals surface area (Å²) in [6, 6.07) is 5.31. The minimum atomic E-state index is -0.971. The SMILES string of the molecule is CC(Cc1ccsc1)NC(=O)c1cccn1CC(=O)O. The van der Waals surface area contributed by atoms with E-state index in [1.165, 1.54) is 10.1 Å². The Morgan fingerprint density at radius 3 is 2.90 bits per heavy atom. The standard InChI is InChI=1S/C14H16N2O3S/c1-10(7-11-4-6-20-9-11)15-14(19)12-3-2-5-16(12)8-13(17)18/h2-6,9-10H,7-8H2,1H3,(H,15,19)(H,17,18). The van der Waals surface area contributed by atoms with Crippen molar-refractivity contribution in [3.8, 4) is 0 Å². The van der Waals surface area contributed by atoms with Gasteiger partial charge in [0.1, 0.15) is 12.2 Å². The molecule has 1 unspecified atom stereocenters. The van der Waals surface area contributed by atoms with Crippen molar-refractivity contribution >= 4 is 23.2 Å². The molecule has 0 spiro atoms. The number of hydrogen-bond donors (Lipinski definition) is 2. The second-order valence-electron chi connectivity index (χ2n) is 4.63. The van der Waals surface area contributed by atoms with Crippen LogP contribution in [0.1, 0.15) is 23.0 Å². The fourth-order valence-electron chi connectivity index (χ4n) is 2.01. The van der Waals surface area contributed by atoms with Gasteiger partial charge in [-0.3, -0.25) is 9.59 Å². The number of nitrogens with one attached hydrogen (secondary N) is 1. The lowest BCUT2D eigenvalue weighted by atomic mass is 10.1. The maximum Gasteiger partial charge on any atom is 0.323 e. The summed E-state index contributed by atoms with van der Waals surface area (Å²) in [6.45, 7) is 1.72. The van der Waals surface area contributed by atoms with Gasteiger partial charge in [0.15, 0.2) is 0 Å². The predicted octanol–water partition coefficient (Wildman–Crippen LogP) is 2.00. The van der Waals surface area contributed by atoms with Gasteiger partial charge in [-0.15, -0.1) is 0 Å². The van der Waals surface area contributed by atoms with Gasteiger partial charge in [0.25, 0.3) is 5.91 Å². The minimum Gasteiger partial charge on any atom is -0.480 e. The Bertz CT molecular complexity index is 589. The summed E-state index contributed by atoms with van der Waals surface area (Å²) in [5, 5.41) is 15.7. The zero-order valence-electron chi connectivity index (χ0n) is 11.1. The fraction of sp³-hybridized carbons (Fsp3) is 0.286. The largest absolute Gasteiger partial charge is 0.480 e. The van der Waals surface area contributed by atoms with Gasteiger partial charge in [0, 0.05) is 12.2 Å². The van der Waals surface area contributed by atoms with Crippen LogP contribution in [0.2, 0.25) is 0 Å². The fourth-order valence-corrected chi connectivity index (χ4v) is 2.70. The number of thiophene rings is 1. The van der Waals surface area contributed by atoms with Crippen LogP contribution in [0.3, 0.4) is 0 Å². The van der Waals surface area contributed by atoms with Crippen LogP contribution in [0.5, 0.6) is 0 Å². The summed E-state index contributed by atoms with van der Waals surface area (Å²) in [5.41, 5.74) is 1.55. The van der Waals surface area contributed by atoms with Crippen molar-refractivity contribution in [3.63, 3.8) is 0 Å². The van der Waals surface area contributed by atoms with Crippen LogP contribution in [0, 0.1) is 0 Å². The molecule has 106 valence electrons. The number of carboxylic acids is 1. The number of aromatic nitrogens is 1. The molecule has 1 atom stereocenters. The van der Waals surface area contributed by atoms with E-state index < -0.39 is 5.97 Å². The van der Waals surface area contributed by atoms with Crippen LogP contribution in [0.25, 0.3) is 0 Å². The molecule has 6 heteroatoms. The molecule has 5 nitrogen and oxygen atoms in total. The molecule has 20 heavy (non-hydrogen) atoms. The van der Waals surface area contributed by atoms with Crippen molar-refractivity contribution < 1.29 is 14.7 Å². The first-order valence-electron chi connectivity index (χ1n) is 6.25. The summed E-state index contributed by atoms with van der Waals surface area (Å²) in [4.78, 5) is 22.8. The van der Waals surface area contributed by atoms with Crippen LogP contribution in [0.4, 0.5) is 0 Å². The van der Waals surface area contributed by atoms with E-state index >= 15 is 0 Å². The topological polar surface area (TPSA) is 71.3 Å².